The monoisotopic (exact) mass is 590 g/mol. The molecular weight excluding hydrogens is 536 g/mol. The molecule has 0 saturated heterocycles. The largest absolute Gasteiger partial charge is 0.459 e. The first-order chi connectivity index (χ1) is 21.2. The first-order valence-electron chi connectivity index (χ1n) is 17.7. The molecule has 2 heteroatoms. The Morgan fingerprint density at radius 2 is 1.52 bits per heavy atom. The molecule has 0 bridgehead atoms. The molecule has 0 aromatic heterocycles. The highest BCUT2D eigenvalue weighted by Crippen LogP contribution is 2.68. The number of allylic oxidation sites excluding steroid dienone is 2. The van der Waals surface area contributed by atoms with Gasteiger partial charge in [-0.05, 0) is 121 Å². The van der Waals surface area contributed by atoms with Crippen LogP contribution >= 0.6 is 0 Å². The number of hydrogen-bond donors (Lipinski definition) is 0. The van der Waals surface area contributed by atoms with E-state index in [1.165, 1.54) is 50.5 Å². The number of benzene rings is 2. The Morgan fingerprint density at radius 1 is 0.841 bits per heavy atom. The Morgan fingerprint density at radius 3 is 2.25 bits per heavy atom. The van der Waals surface area contributed by atoms with Crippen molar-refractivity contribution in [1.29, 1.82) is 0 Å². The highest BCUT2D eigenvalue weighted by molar-refractivity contribution is 5.89. The van der Waals surface area contributed by atoms with Crippen LogP contribution in [0.1, 0.15) is 115 Å². The third-order valence-electron chi connectivity index (χ3n) is 12.8. The Hall–Kier alpha value is -2.79. The zero-order chi connectivity index (χ0) is 30.9. The number of fused-ring (bicyclic) bond motifs is 5. The number of ether oxygens (including phenoxy) is 1. The lowest BCUT2D eigenvalue weighted by Crippen LogP contribution is -2.54. The van der Waals surface area contributed by atoms with Crippen molar-refractivity contribution >= 4 is 5.97 Å². The molecular formula is C42H54O2. The molecule has 0 aliphatic heterocycles. The maximum absolute atomic E-state index is 13.0. The van der Waals surface area contributed by atoms with E-state index in [9.17, 15) is 4.79 Å². The Labute approximate surface area is 267 Å². The van der Waals surface area contributed by atoms with Crippen LogP contribution in [0, 0.1) is 64.1 Å². The molecule has 3 saturated carbocycles. The van der Waals surface area contributed by atoms with E-state index in [1.54, 1.807) is 0 Å². The fourth-order valence-electron chi connectivity index (χ4n) is 10.4. The fraction of sp³-hybridized carbons (Fsp3) is 0.595. The third kappa shape index (κ3) is 6.06. The molecule has 0 heterocycles. The van der Waals surface area contributed by atoms with Crippen LogP contribution in [0.25, 0.3) is 0 Å². The van der Waals surface area contributed by atoms with Crippen LogP contribution in [-0.2, 0) is 4.74 Å². The number of carbonyl (C=O) groups excluding carboxylic acids is 1. The average Bonchev–Trinajstić information content (AvgIpc) is 3.38. The summed E-state index contributed by atoms with van der Waals surface area (Å²) < 4.78 is 6.14. The van der Waals surface area contributed by atoms with Crippen molar-refractivity contribution < 1.29 is 9.53 Å². The number of hydrogen-bond acceptors (Lipinski definition) is 2. The predicted molar refractivity (Wildman–Crippen MR) is 181 cm³/mol. The van der Waals surface area contributed by atoms with Gasteiger partial charge in [0.25, 0.3) is 0 Å². The molecule has 0 spiro atoms. The van der Waals surface area contributed by atoms with Crippen LogP contribution < -0.4 is 0 Å². The second kappa shape index (κ2) is 12.9. The minimum absolute atomic E-state index is 0.0340. The Balaban J connectivity index is 1.29. The summed E-state index contributed by atoms with van der Waals surface area (Å²) in [6.45, 7) is 12.5. The van der Waals surface area contributed by atoms with Crippen molar-refractivity contribution in [2.75, 3.05) is 0 Å². The van der Waals surface area contributed by atoms with Crippen LogP contribution in [-0.4, -0.2) is 12.1 Å². The zero-order valence-corrected chi connectivity index (χ0v) is 27.9. The van der Waals surface area contributed by atoms with Gasteiger partial charge >= 0.3 is 5.97 Å². The summed E-state index contributed by atoms with van der Waals surface area (Å²) >= 11 is 0. The molecule has 4 aliphatic carbocycles. The summed E-state index contributed by atoms with van der Waals surface area (Å²) in [5, 5.41) is 0. The van der Waals surface area contributed by atoms with Crippen LogP contribution in [0.2, 0.25) is 0 Å². The molecule has 9 atom stereocenters. The van der Waals surface area contributed by atoms with Gasteiger partial charge in [0.15, 0.2) is 0 Å². The van der Waals surface area contributed by atoms with E-state index in [1.807, 2.05) is 30.3 Å². The fourth-order valence-corrected chi connectivity index (χ4v) is 10.4. The van der Waals surface area contributed by atoms with Crippen LogP contribution in [0.3, 0.4) is 0 Å². The molecule has 4 aliphatic rings. The smallest absolute Gasteiger partial charge is 0.338 e. The van der Waals surface area contributed by atoms with Crippen molar-refractivity contribution in [3.05, 3.63) is 83.4 Å². The summed E-state index contributed by atoms with van der Waals surface area (Å²) in [5.74, 6) is 11.9. The second-order valence-corrected chi connectivity index (χ2v) is 15.8. The van der Waals surface area contributed by atoms with E-state index in [2.05, 4.69) is 82.9 Å². The van der Waals surface area contributed by atoms with Gasteiger partial charge in [-0.25, -0.2) is 4.79 Å². The van der Waals surface area contributed by atoms with Gasteiger partial charge in [-0.1, -0.05) is 108 Å². The van der Waals surface area contributed by atoms with E-state index in [-0.39, 0.29) is 17.5 Å². The molecule has 0 unspecified atom stereocenters. The quantitative estimate of drug-likeness (QED) is 0.237. The number of rotatable bonds is 7. The lowest BCUT2D eigenvalue weighted by molar-refractivity contribution is -0.0869. The van der Waals surface area contributed by atoms with Crippen molar-refractivity contribution in [1.82, 2.24) is 0 Å². The van der Waals surface area contributed by atoms with E-state index >= 15 is 0 Å². The minimum Gasteiger partial charge on any atom is -0.459 e. The first kappa shape index (κ1) is 31.2. The lowest BCUT2D eigenvalue weighted by atomic mass is 9.44. The van der Waals surface area contributed by atoms with E-state index in [0.717, 1.165) is 42.6 Å². The summed E-state index contributed by atoms with van der Waals surface area (Å²) in [6.07, 6.45) is 15.0. The molecule has 234 valence electrons. The van der Waals surface area contributed by atoms with Gasteiger partial charge in [-0.2, -0.15) is 0 Å². The number of carbonyl (C=O) groups is 1. The van der Waals surface area contributed by atoms with E-state index in [0.29, 0.717) is 34.7 Å². The van der Waals surface area contributed by atoms with Gasteiger partial charge in [0.2, 0.25) is 0 Å². The van der Waals surface area contributed by atoms with Gasteiger partial charge in [0.05, 0.1) is 5.56 Å². The van der Waals surface area contributed by atoms with Gasteiger partial charge < -0.3 is 4.74 Å². The lowest BCUT2D eigenvalue weighted by Gasteiger charge is -2.60. The molecule has 3 fully saturated rings. The molecule has 0 amide bonds. The third-order valence-corrected chi connectivity index (χ3v) is 12.8. The molecule has 0 N–H and O–H groups in total. The average molecular weight is 591 g/mol. The van der Waals surface area contributed by atoms with Crippen LogP contribution in [0.4, 0.5) is 0 Å². The Kier molecular flexibility index (Phi) is 9.15. The van der Waals surface area contributed by atoms with E-state index < -0.39 is 0 Å². The van der Waals surface area contributed by atoms with Crippen LogP contribution in [0.5, 0.6) is 0 Å². The SMILES string of the molecule is CC(C)CCC[C@@H](C)[C@H]1CC[C@@H]2[C@H]3C(C#Cc4ccccc4)=C[C@@H]4C[C@@H](OC(=O)c5ccccc5)CC[C@]4(C)[C@H]3CC[C@@]21C. The maximum atomic E-state index is 13.0. The topological polar surface area (TPSA) is 26.3 Å². The first-order valence-corrected chi connectivity index (χ1v) is 17.7. The molecule has 2 nitrogen and oxygen atoms in total. The molecule has 2 aromatic carbocycles. The van der Waals surface area contributed by atoms with Crippen molar-refractivity contribution in [2.45, 2.75) is 105 Å². The molecule has 44 heavy (non-hydrogen) atoms. The van der Waals surface area contributed by atoms with Crippen LogP contribution in [0.15, 0.2) is 72.3 Å². The second-order valence-electron chi connectivity index (χ2n) is 15.8. The minimum atomic E-state index is -0.186. The summed E-state index contributed by atoms with van der Waals surface area (Å²) in [5.41, 5.74) is 3.77. The highest BCUT2D eigenvalue weighted by Gasteiger charge is 2.61. The van der Waals surface area contributed by atoms with Gasteiger partial charge in [-0.3, -0.25) is 0 Å². The van der Waals surface area contributed by atoms with Crippen molar-refractivity contribution in [3.8, 4) is 11.8 Å². The van der Waals surface area contributed by atoms with Crippen molar-refractivity contribution in [3.63, 3.8) is 0 Å². The van der Waals surface area contributed by atoms with E-state index in [4.69, 9.17) is 4.74 Å². The summed E-state index contributed by atoms with van der Waals surface area (Å²) in [6, 6.07) is 20.0. The predicted octanol–water partition coefficient (Wildman–Crippen LogP) is 10.5. The molecule has 6 rings (SSSR count). The summed E-state index contributed by atoms with van der Waals surface area (Å²) in [7, 11) is 0. The van der Waals surface area contributed by atoms with Gasteiger partial charge in [0, 0.05) is 11.1 Å². The zero-order valence-electron chi connectivity index (χ0n) is 27.9. The van der Waals surface area contributed by atoms with Gasteiger partial charge in [0.1, 0.15) is 6.10 Å². The molecule has 2 aromatic rings. The Bertz CT molecular complexity index is 1380. The normalized spacial score (nSPS) is 34.9. The number of esters is 1. The highest BCUT2D eigenvalue weighted by atomic mass is 16.5. The maximum Gasteiger partial charge on any atom is 0.338 e. The van der Waals surface area contributed by atoms with Crippen molar-refractivity contribution in [2.24, 2.45) is 52.3 Å². The molecule has 0 radical (unpaired) electrons. The van der Waals surface area contributed by atoms with Gasteiger partial charge in [-0.15, -0.1) is 0 Å². The standard InChI is InChI=1S/C42H54O2/c1-29(2)13-12-14-30(3)36-21-22-37-39-33(20-19-31-15-8-6-9-16-31)27-34-28-35(44-40(43)32-17-10-7-11-18-32)23-25-41(34,4)38(39)24-26-42(36,37)5/h6-11,15-18,27,29-30,34-39H,12-14,21-26,28H2,1-5H3/t30-,34-,35+,36-,37-,38+,39-,41+,42-/m1/s1. The summed E-state index contributed by atoms with van der Waals surface area (Å²) in [4.78, 5) is 13.0.